The molecule has 1 heterocycles. The van der Waals surface area contributed by atoms with Crippen LogP contribution in [0.1, 0.15) is 6.42 Å². The van der Waals surface area contributed by atoms with E-state index in [-0.39, 0.29) is 6.42 Å². The van der Waals surface area contributed by atoms with E-state index in [0.29, 0.717) is 6.54 Å². The SMILES string of the molecule is CN(C)CC1CC([N+](=O)[O-])C(O)[C@H](O)O1. The first kappa shape index (κ1) is 12.3. The molecule has 0 saturated carbocycles. The number of aliphatic hydroxyl groups is 2. The summed E-state index contributed by atoms with van der Waals surface area (Å²) in [5.41, 5.74) is 0. The van der Waals surface area contributed by atoms with Crippen LogP contribution in [0.3, 0.4) is 0 Å². The van der Waals surface area contributed by atoms with Gasteiger partial charge in [0.1, 0.15) is 0 Å². The van der Waals surface area contributed by atoms with E-state index < -0.39 is 29.5 Å². The Bertz CT molecular complexity index is 235. The summed E-state index contributed by atoms with van der Waals surface area (Å²) in [4.78, 5) is 11.8. The predicted molar refractivity (Wildman–Crippen MR) is 50.8 cm³/mol. The average Bonchev–Trinajstić information content (AvgIpc) is 2.09. The number of likely N-dealkylation sites (N-methyl/N-ethyl adjacent to an activating group) is 1. The zero-order valence-corrected chi connectivity index (χ0v) is 8.74. The first-order valence-corrected chi connectivity index (χ1v) is 4.71. The van der Waals surface area contributed by atoms with Crippen molar-refractivity contribution in [2.75, 3.05) is 20.6 Å². The van der Waals surface area contributed by atoms with Crippen molar-refractivity contribution in [3.05, 3.63) is 10.1 Å². The maximum Gasteiger partial charge on any atom is 0.246 e. The van der Waals surface area contributed by atoms with Crippen LogP contribution in [-0.4, -0.2) is 65.2 Å². The van der Waals surface area contributed by atoms with E-state index in [1.54, 1.807) is 0 Å². The lowest BCUT2D eigenvalue weighted by Gasteiger charge is -2.33. The van der Waals surface area contributed by atoms with E-state index >= 15 is 0 Å². The van der Waals surface area contributed by atoms with Crippen molar-refractivity contribution in [1.82, 2.24) is 4.90 Å². The van der Waals surface area contributed by atoms with Crippen LogP contribution in [-0.2, 0) is 4.74 Å². The largest absolute Gasteiger partial charge is 0.381 e. The monoisotopic (exact) mass is 220 g/mol. The molecule has 4 atom stereocenters. The van der Waals surface area contributed by atoms with Crippen LogP contribution >= 0.6 is 0 Å². The van der Waals surface area contributed by atoms with Crippen LogP contribution in [0.4, 0.5) is 0 Å². The van der Waals surface area contributed by atoms with Crippen LogP contribution in [0.15, 0.2) is 0 Å². The molecule has 0 spiro atoms. The van der Waals surface area contributed by atoms with Crippen LogP contribution in [0.25, 0.3) is 0 Å². The molecule has 3 unspecified atom stereocenters. The second-order valence-corrected chi connectivity index (χ2v) is 3.99. The van der Waals surface area contributed by atoms with E-state index in [1.807, 2.05) is 19.0 Å². The Balaban J connectivity index is 2.62. The number of ether oxygens (including phenoxy) is 1. The van der Waals surface area contributed by atoms with Crippen LogP contribution in [0.5, 0.6) is 0 Å². The number of rotatable bonds is 3. The molecule has 0 aromatic heterocycles. The summed E-state index contributed by atoms with van der Waals surface area (Å²) in [5, 5.41) is 29.2. The summed E-state index contributed by atoms with van der Waals surface area (Å²) in [6, 6.07) is -1.15. The van der Waals surface area contributed by atoms with Gasteiger partial charge in [-0.3, -0.25) is 10.1 Å². The molecule has 0 aromatic carbocycles. The number of nitro groups is 1. The van der Waals surface area contributed by atoms with Gasteiger partial charge in [-0.2, -0.15) is 0 Å². The van der Waals surface area contributed by atoms with Gasteiger partial charge in [0, 0.05) is 17.9 Å². The van der Waals surface area contributed by atoms with Gasteiger partial charge in [-0.05, 0) is 14.1 Å². The fourth-order valence-electron chi connectivity index (χ4n) is 1.67. The van der Waals surface area contributed by atoms with Gasteiger partial charge >= 0.3 is 0 Å². The lowest BCUT2D eigenvalue weighted by atomic mass is 10.00. The summed E-state index contributed by atoms with van der Waals surface area (Å²) in [5.74, 6) is 0. The quantitative estimate of drug-likeness (QED) is 0.451. The molecule has 7 nitrogen and oxygen atoms in total. The van der Waals surface area contributed by atoms with Crippen LogP contribution in [0, 0.1) is 10.1 Å². The molecular weight excluding hydrogens is 204 g/mol. The highest BCUT2D eigenvalue weighted by molar-refractivity contribution is 4.81. The maximum atomic E-state index is 10.6. The van der Waals surface area contributed by atoms with E-state index in [9.17, 15) is 20.3 Å². The summed E-state index contributed by atoms with van der Waals surface area (Å²) < 4.78 is 5.05. The Hall–Kier alpha value is -0.760. The molecule has 1 saturated heterocycles. The number of hydrogen-bond acceptors (Lipinski definition) is 6. The third-order valence-electron chi connectivity index (χ3n) is 2.36. The fourth-order valence-corrected chi connectivity index (χ4v) is 1.67. The summed E-state index contributed by atoms with van der Waals surface area (Å²) in [6.07, 6.45) is -3.23. The number of aliphatic hydroxyl groups excluding tert-OH is 2. The molecular formula is C8H16N2O5. The first-order valence-electron chi connectivity index (χ1n) is 4.71. The zero-order valence-electron chi connectivity index (χ0n) is 8.74. The Morgan fingerprint density at radius 1 is 1.53 bits per heavy atom. The van der Waals surface area contributed by atoms with E-state index in [2.05, 4.69) is 0 Å². The Morgan fingerprint density at radius 2 is 2.13 bits per heavy atom. The van der Waals surface area contributed by atoms with Crippen LogP contribution < -0.4 is 0 Å². The molecule has 1 rings (SSSR count). The standard InChI is InChI=1S/C8H16N2O5/c1-9(2)4-5-3-6(10(13)14)7(11)8(12)15-5/h5-8,11-12H,3-4H2,1-2H3/t5?,6?,7?,8-/m1/s1. The lowest BCUT2D eigenvalue weighted by molar-refractivity contribution is -0.551. The van der Waals surface area contributed by atoms with Crippen molar-refractivity contribution in [3.63, 3.8) is 0 Å². The molecule has 0 aliphatic carbocycles. The topological polar surface area (TPSA) is 96.1 Å². The highest BCUT2D eigenvalue weighted by Gasteiger charge is 2.43. The summed E-state index contributed by atoms with van der Waals surface area (Å²) in [7, 11) is 3.61. The van der Waals surface area contributed by atoms with Crippen molar-refractivity contribution in [2.24, 2.45) is 0 Å². The smallest absolute Gasteiger partial charge is 0.246 e. The fraction of sp³-hybridized carbons (Fsp3) is 1.00. The van der Waals surface area contributed by atoms with Gasteiger partial charge in [0.25, 0.3) is 0 Å². The van der Waals surface area contributed by atoms with E-state index in [4.69, 9.17) is 4.74 Å². The highest BCUT2D eigenvalue weighted by atomic mass is 16.6. The molecule has 88 valence electrons. The molecule has 0 bridgehead atoms. The van der Waals surface area contributed by atoms with Gasteiger partial charge in [-0.25, -0.2) is 0 Å². The molecule has 1 fully saturated rings. The molecule has 0 radical (unpaired) electrons. The van der Waals surface area contributed by atoms with Crippen molar-refractivity contribution in [1.29, 1.82) is 0 Å². The molecule has 2 N–H and O–H groups in total. The third kappa shape index (κ3) is 3.10. The molecule has 0 amide bonds. The van der Waals surface area contributed by atoms with Gasteiger partial charge in [0.2, 0.25) is 6.04 Å². The zero-order chi connectivity index (χ0) is 11.6. The minimum atomic E-state index is -1.47. The summed E-state index contributed by atoms with van der Waals surface area (Å²) in [6.45, 7) is 0.480. The van der Waals surface area contributed by atoms with Gasteiger partial charge in [0.15, 0.2) is 12.4 Å². The highest BCUT2D eigenvalue weighted by Crippen LogP contribution is 2.21. The molecule has 0 aromatic rings. The Morgan fingerprint density at radius 3 is 2.60 bits per heavy atom. The number of hydrogen-bond donors (Lipinski definition) is 2. The van der Waals surface area contributed by atoms with Crippen molar-refractivity contribution < 1.29 is 19.9 Å². The van der Waals surface area contributed by atoms with Gasteiger partial charge in [-0.1, -0.05) is 0 Å². The molecule has 1 aliphatic rings. The summed E-state index contributed by atoms with van der Waals surface area (Å²) >= 11 is 0. The lowest BCUT2D eigenvalue weighted by Crippen LogP contribution is -2.53. The number of nitrogens with zero attached hydrogens (tertiary/aromatic N) is 2. The van der Waals surface area contributed by atoms with Gasteiger partial charge < -0.3 is 19.8 Å². The van der Waals surface area contributed by atoms with E-state index in [1.165, 1.54) is 0 Å². The second kappa shape index (κ2) is 4.84. The molecule has 15 heavy (non-hydrogen) atoms. The van der Waals surface area contributed by atoms with E-state index in [0.717, 1.165) is 0 Å². The third-order valence-corrected chi connectivity index (χ3v) is 2.36. The normalized spacial score (nSPS) is 36.9. The average molecular weight is 220 g/mol. The minimum Gasteiger partial charge on any atom is -0.381 e. The van der Waals surface area contributed by atoms with Gasteiger partial charge in [-0.15, -0.1) is 0 Å². The Kier molecular flexibility index (Phi) is 3.97. The van der Waals surface area contributed by atoms with Crippen molar-refractivity contribution in [2.45, 2.75) is 31.0 Å². The van der Waals surface area contributed by atoms with Crippen molar-refractivity contribution in [3.8, 4) is 0 Å². The second-order valence-electron chi connectivity index (χ2n) is 3.99. The van der Waals surface area contributed by atoms with Gasteiger partial charge in [0.05, 0.1) is 6.10 Å². The van der Waals surface area contributed by atoms with Crippen LogP contribution in [0.2, 0.25) is 0 Å². The molecule has 1 aliphatic heterocycles. The Labute approximate surface area is 87.4 Å². The van der Waals surface area contributed by atoms with Crippen molar-refractivity contribution >= 4 is 0 Å². The predicted octanol–water partition coefficient (Wildman–Crippen LogP) is -1.34. The molecule has 7 heteroatoms. The minimum absolute atomic E-state index is 0.114. The maximum absolute atomic E-state index is 10.6. The first-order chi connectivity index (χ1) is 6.91.